The molecule has 0 aromatic heterocycles. The zero-order valence-corrected chi connectivity index (χ0v) is 17.2. The minimum absolute atomic E-state index is 0.428. The summed E-state index contributed by atoms with van der Waals surface area (Å²) in [5.41, 5.74) is 1.32. The Morgan fingerprint density at radius 3 is 2.71 bits per heavy atom. The van der Waals surface area contributed by atoms with E-state index in [2.05, 4.69) is 33.4 Å². The molecule has 1 aromatic rings. The number of aliphatic imine (C=N–C) groups is 1. The molecule has 2 fully saturated rings. The maximum absolute atomic E-state index is 6.22. The molecule has 0 amide bonds. The first-order valence-electron chi connectivity index (χ1n) is 11.1. The van der Waals surface area contributed by atoms with Gasteiger partial charge in [-0.15, -0.1) is 0 Å². The summed E-state index contributed by atoms with van der Waals surface area (Å²) in [6.07, 6.45) is 9.21. The average Bonchev–Trinajstić information content (AvgIpc) is 3.27. The van der Waals surface area contributed by atoms with Gasteiger partial charge in [-0.25, -0.2) is 0 Å². The highest BCUT2D eigenvalue weighted by atomic mass is 16.5. The van der Waals surface area contributed by atoms with Gasteiger partial charge < -0.3 is 19.7 Å². The van der Waals surface area contributed by atoms with Crippen molar-refractivity contribution in [1.29, 1.82) is 0 Å². The van der Waals surface area contributed by atoms with Crippen LogP contribution >= 0.6 is 0 Å². The molecule has 0 bridgehead atoms. The van der Waals surface area contributed by atoms with Crippen LogP contribution in [0, 0.1) is 5.92 Å². The van der Waals surface area contributed by atoms with Crippen LogP contribution in [0.15, 0.2) is 29.3 Å². The number of guanidine groups is 1. The smallest absolute Gasteiger partial charge is 0.193 e. The summed E-state index contributed by atoms with van der Waals surface area (Å²) < 4.78 is 12.0. The lowest BCUT2D eigenvalue weighted by Gasteiger charge is -2.35. The van der Waals surface area contributed by atoms with E-state index in [0.29, 0.717) is 12.0 Å². The van der Waals surface area contributed by atoms with E-state index in [9.17, 15) is 0 Å². The summed E-state index contributed by atoms with van der Waals surface area (Å²) >= 11 is 0. The normalized spacial score (nSPS) is 24.1. The first-order valence-corrected chi connectivity index (χ1v) is 11.1. The summed E-state index contributed by atoms with van der Waals surface area (Å²) in [5.74, 6) is 3.36. The van der Waals surface area contributed by atoms with Gasteiger partial charge >= 0.3 is 0 Å². The van der Waals surface area contributed by atoms with Crippen LogP contribution in [0.5, 0.6) is 5.75 Å². The van der Waals surface area contributed by atoms with Gasteiger partial charge in [0.2, 0.25) is 0 Å². The molecule has 1 aliphatic carbocycles. The molecule has 1 aromatic carbocycles. The van der Waals surface area contributed by atoms with E-state index in [4.69, 9.17) is 9.47 Å². The van der Waals surface area contributed by atoms with Gasteiger partial charge in [0.15, 0.2) is 5.96 Å². The van der Waals surface area contributed by atoms with Crippen LogP contribution < -0.4 is 10.1 Å². The molecule has 28 heavy (non-hydrogen) atoms. The Kier molecular flexibility index (Phi) is 6.73. The lowest BCUT2D eigenvalue weighted by atomic mass is 9.93. The molecule has 1 atom stereocenters. The number of fused-ring (bicyclic) bond motifs is 1. The van der Waals surface area contributed by atoms with E-state index in [1.807, 2.05) is 13.1 Å². The number of likely N-dealkylation sites (tertiary alicyclic amines) is 1. The third-order valence-electron chi connectivity index (χ3n) is 6.58. The fourth-order valence-corrected chi connectivity index (χ4v) is 4.86. The van der Waals surface area contributed by atoms with Gasteiger partial charge in [0.1, 0.15) is 5.75 Å². The van der Waals surface area contributed by atoms with Crippen LogP contribution in [0.1, 0.15) is 56.4 Å². The predicted molar refractivity (Wildman–Crippen MR) is 113 cm³/mol. The van der Waals surface area contributed by atoms with Crippen molar-refractivity contribution in [2.45, 2.75) is 57.0 Å². The van der Waals surface area contributed by atoms with Crippen LogP contribution in [0.3, 0.4) is 0 Å². The SMILES string of the molecule is CN=C(NCC1CCOc2ccccc21)N1CCC(OCC2CCCC2)CC1. The molecule has 3 aliphatic rings. The molecular formula is C23H35N3O2. The Morgan fingerprint density at radius 2 is 1.93 bits per heavy atom. The Bertz CT molecular complexity index is 649. The standard InChI is InChI=1S/C23H35N3O2/c1-24-23(25-16-19-12-15-27-22-9-5-4-8-21(19)22)26-13-10-20(11-14-26)28-17-18-6-2-3-7-18/h4-5,8-9,18-20H,2-3,6-7,10-17H2,1H3,(H,24,25). The van der Waals surface area contributed by atoms with Crippen molar-refractivity contribution >= 4 is 5.96 Å². The van der Waals surface area contributed by atoms with Crippen LogP contribution in [-0.4, -0.2) is 56.9 Å². The minimum Gasteiger partial charge on any atom is -0.493 e. The first-order chi connectivity index (χ1) is 13.8. The van der Waals surface area contributed by atoms with Crippen LogP contribution in [0.2, 0.25) is 0 Å². The maximum atomic E-state index is 6.22. The Morgan fingerprint density at radius 1 is 1.14 bits per heavy atom. The van der Waals surface area contributed by atoms with Crippen molar-refractivity contribution in [2.24, 2.45) is 10.9 Å². The summed E-state index contributed by atoms with van der Waals surface area (Å²) in [6.45, 7) is 4.73. The van der Waals surface area contributed by atoms with Crippen molar-refractivity contribution < 1.29 is 9.47 Å². The van der Waals surface area contributed by atoms with Gasteiger partial charge in [0, 0.05) is 39.2 Å². The molecule has 2 aliphatic heterocycles. The number of piperidine rings is 1. The summed E-state index contributed by atoms with van der Waals surface area (Å²) in [6, 6.07) is 8.42. The van der Waals surface area contributed by atoms with Crippen molar-refractivity contribution in [3.05, 3.63) is 29.8 Å². The van der Waals surface area contributed by atoms with E-state index in [1.54, 1.807) is 0 Å². The lowest BCUT2D eigenvalue weighted by molar-refractivity contribution is 0.00101. The molecule has 154 valence electrons. The highest BCUT2D eigenvalue weighted by molar-refractivity contribution is 5.80. The van der Waals surface area contributed by atoms with Crippen molar-refractivity contribution in [3.63, 3.8) is 0 Å². The molecule has 5 heteroatoms. The summed E-state index contributed by atoms with van der Waals surface area (Å²) in [7, 11) is 1.89. The Labute approximate surface area is 169 Å². The van der Waals surface area contributed by atoms with Gasteiger partial charge in [-0.1, -0.05) is 31.0 Å². The molecule has 1 N–H and O–H groups in total. The summed E-state index contributed by atoms with van der Waals surface area (Å²) in [4.78, 5) is 6.94. The second kappa shape index (κ2) is 9.64. The van der Waals surface area contributed by atoms with Gasteiger partial charge in [-0.3, -0.25) is 4.99 Å². The van der Waals surface area contributed by atoms with Gasteiger partial charge in [-0.2, -0.15) is 0 Å². The second-order valence-electron chi connectivity index (χ2n) is 8.47. The van der Waals surface area contributed by atoms with E-state index in [1.165, 1.54) is 31.2 Å². The predicted octanol–water partition coefficient (Wildman–Crippen LogP) is 3.80. The number of ether oxygens (including phenoxy) is 2. The Hall–Kier alpha value is -1.75. The first kappa shape index (κ1) is 19.6. The van der Waals surface area contributed by atoms with E-state index >= 15 is 0 Å². The quantitative estimate of drug-likeness (QED) is 0.619. The fraction of sp³-hybridized carbons (Fsp3) is 0.696. The van der Waals surface area contributed by atoms with Crippen molar-refractivity contribution in [3.8, 4) is 5.75 Å². The molecule has 0 radical (unpaired) electrons. The molecule has 1 unspecified atom stereocenters. The molecule has 1 saturated carbocycles. The van der Waals surface area contributed by atoms with Gasteiger partial charge in [0.25, 0.3) is 0 Å². The highest BCUT2D eigenvalue weighted by Crippen LogP contribution is 2.32. The molecule has 2 heterocycles. The number of rotatable bonds is 5. The van der Waals surface area contributed by atoms with Crippen LogP contribution in [-0.2, 0) is 4.74 Å². The van der Waals surface area contributed by atoms with Gasteiger partial charge in [-0.05, 0) is 49.7 Å². The number of hydrogen-bond acceptors (Lipinski definition) is 3. The topological polar surface area (TPSA) is 46.1 Å². The zero-order valence-electron chi connectivity index (χ0n) is 17.2. The van der Waals surface area contributed by atoms with Gasteiger partial charge in [0.05, 0.1) is 12.7 Å². The van der Waals surface area contributed by atoms with E-state index in [-0.39, 0.29) is 0 Å². The van der Waals surface area contributed by atoms with E-state index < -0.39 is 0 Å². The number of para-hydroxylation sites is 1. The molecular weight excluding hydrogens is 350 g/mol. The third-order valence-corrected chi connectivity index (χ3v) is 6.58. The van der Waals surface area contributed by atoms with Crippen LogP contribution in [0.4, 0.5) is 0 Å². The lowest BCUT2D eigenvalue weighted by Crippen LogP contribution is -2.48. The third kappa shape index (κ3) is 4.80. The van der Waals surface area contributed by atoms with E-state index in [0.717, 1.165) is 69.7 Å². The average molecular weight is 386 g/mol. The number of nitrogens with zero attached hydrogens (tertiary/aromatic N) is 2. The Balaban J connectivity index is 1.23. The second-order valence-corrected chi connectivity index (χ2v) is 8.47. The number of nitrogens with one attached hydrogen (secondary N) is 1. The summed E-state index contributed by atoms with van der Waals surface area (Å²) in [5, 5.41) is 3.62. The van der Waals surface area contributed by atoms with Crippen LogP contribution in [0.25, 0.3) is 0 Å². The fourth-order valence-electron chi connectivity index (χ4n) is 4.86. The molecule has 1 saturated heterocycles. The highest BCUT2D eigenvalue weighted by Gasteiger charge is 2.25. The zero-order chi connectivity index (χ0) is 19.2. The monoisotopic (exact) mass is 385 g/mol. The molecule has 0 spiro atoms. The van der Waals surface area contributed by atoms with Crippen molar-refractivity contribution in [1.82, 2.24) is 10.2 Å². The van der Waals surface area contributed by atoms with Crippen molar-refractivity contribution in [2.75, 3.05) is 39.9 Å². The number of benzene rings is 1. The molecule has 5 nitrogen and oxygen atoms in total. The molecule has 4 rings (SSSR count). The minimum atomic E-state index is 0.428. The number of hydrogen-bond donors (Lipinski definition) is 1. The maximum Gasteiger partial charge on any atom is 0.193 e. The largest absolute Gasteiger partial charge is 0.493 e.